The maximum absolute atomic E-state index is 12.8. The molecule has 0 spiro atoms. The van der Waals surface area contributed by atoms with Crippen molar-refractivity contribution in [2.24, 2.45) is 0 Å². The number of fused-ring (bicyclic) bond motifs is 1. The molecule has 1 aliphatic rings. The van der Waals surface area contributed by atoms with Gasteiger partial charge in [0.25, 0.3) is 0 Å². The van der Waals surface area contributed by atoms with Crippen molar-refractivity contribution in [2.45, 2.75) is 58.2 Å². The van der Waals surface area contributed by atoms with Crippen LogP contribution in [0.1, 0.15) is 66.9 Å². The molecule has 0 bridgehead atoms. The first kappa shape index (κ1) is 22.9. The van der Waals surface area contributed by atoms with Crippen molar-refractivity contribution in [1.82, 2.24) is 0 Å². The monoisotopic (exact) mass is 442 g/mol. The Labute approximate surface area is 187 Å². The van der Waals surface area contributed by atoms with E-state index < -0.39 is 5.97 Å². The second kappa shape index (κ2) is 11.0. The lowest BCUT2D eigenvalue weighted by atomic mass is 10.0. The minimum Gasteiger partial charge on any atom is -0.507 e. The third-order valence-electron chi connectivity index (χ3n) is 5.12. The summed E-state index contributed by atoms with van der Waals surface area (Å²) in [7, 11) is 0. The molecule has 0 aromatic heterocycles. The number of carbonyl (C=O) groups excluding carboxylic acids is 2. The Morgan fingerprint density at radius 1 is 1.16 bits per heavy atom. The first-order valence-corrected chi connectivity index (χ1v) is 10.9. The normalized spacial score (nSPS) is 18.1. The van der Waals surface area contributed by atoms with Crippen LogP contribution in [0.2, 0.25) is 5.02 Å². The van der Waals surface area contributed by atoms with E-state index in [9.17, 15) is 14.7 Å². The molecule has 0 aliphatic carbocycles. The lowest BCUT2D eigenvalue weighted by Crippen LogP contribution is -2.17. The highest BCUT2D eigenvalue weighted by Crippen LogP contribution is 2.31. The number of hydrogen-bond donors (Lipinski definition) is 1. The number of Topliss-reactive ketones (excluding diaryl/α,β-unsaturated/α-hetero) is 1. The van der Waals surface area contributed by atoms with E-state index in [4.69, 9.17) is 21.1 Å². The predicted octanol–water partition coefficient (Wildman–Crippen LogP) is 6.11. The van der Waals surface area contributed by atoms with Crippen LogP contribution in [-0.2, 0) is 16.1 Å². The smallest absolute Gasteiger partial charge is 0.342 e. The molecule has 31 heavy (non-hydrogen) atoms. The number of aromatic hydroxyl groups is 1. The molecule has 0 saturated carbocycles. The lowest BCUT2D eigenvalue weighted by molar-refractivity contribution is -0.119. The van der Waals surface area contributed by atoms with E-state index >= 15 is 0 Å². The number of phenolic OH excluding ortho intramolecular Hbond substituents is 1. The molecular formula is C25H27ClO5. The number of esters is 1. The van der Waals surface area contributed by atoms with Gasteiger partial charge in [-0.2, -0.15) is 0 Å². The number of rotatable bonds is 3. The molecule has 1 atom stereocenters. The summed E-state index contributed by atoms with van der Waals surface area (Å²) in [6.07, 6.45) is 7.09. The minimum atomic E-state index is -0.588. The maximum Gasteiger partial charge on any atom is 0.342 e. The SMILES string of the molecule is C[C@H]1CCCC(=O)CCCC=Cc2cc(OCc3cccc(Cl)c3)cc(O)c2C(=O)O1. The van der Waals surface area contributed by atoms with E-state index in [0.29, 0.717) is 48.4 Å². The number of cyclic esters (lactones) is 1. The number of carbonyl (C=O) groups is 2. The molecule has 1 heterocycles. The van der Waals surface area contributed by atoms with Gasteiger partial charge in [-0.25, -0.2) is 4.79 Å². The van der Waals surface area contributed by atoms with Gasteiger partial charge in [-0.3, -0.25) is 4.79 Å². The number of ether oxygens (including phenoxy) is 2. The largest absolute Gasteiger partial charge is 0.507 e. The van der Waals surface area contributed by atoms with Crippen molar-refractivity contribution in [3.05, 3.63) is 64.2 Å². The average molecular weight is 443 g/mol. The number of ketones is 1. The van der Waals surface area contributed by atoms with Crippen LogP contribution < -0.4 is 4.74 Å². The number of allylic oxidation sites excluding steroid dienone is 1. The molecule has 3 rings (SSSR count). The molecular weight excluding hydrogens is 416 g/mol. The summed E-state index contributed by atoms with van der Waals surface area (Å²) >= 11 is 6.02. The standard InChI is InChI=1S/C25H27ClO5/c1-17-7-5-12-21(27)11-4-2-3-9-19-14-22(15-23(28)24(19)25(29)31-17)30-16-18-8-6-10-20(26)13-18/h3,6,8-10,13-15,17,28H,2,4-5,7,11-12,16H2,1H3/t17-/m0/s1. The van der Waals surface area contributed by atoms with Gasteiger partial charge in [-0.1, -0.05) is 35.9 Å². The van der Waals surface area contributed by atoms with Gasteiger partial charge in [-0.05, 0) is 61.9 Å². The van der Waals surface area contributed by atoms with E-state index in [2.05, 4.69) is 0 Å². The fraction of sp³-hybridized carbons (Fsp3) is 0.360. The van der Waals surface area contributed by atoms with Gasteiger partial charge in [-0.15, -0.1) is 0 Å². The zero-order valence-corrected chi connectivity index (χ0v) is 18.4. The third-order valence-corrected chi connectivity index (χ3v) is 5.35. The molecule has 1 aliphatic heterocycles. The fourth-order valence-corrected chi connectivity index (χ4v) is 3.71. The number of hydrogen-bond acceptors (Lipinski definition) is 5. The van der Waals surface area contributed by atoms with Gasteiger partial charge < -0.3 is 14.6 Å². The predicted molar refractivity (Wildman–Crippen MR) is 121 cm³/mol. The molecule has 0 saturated heterocycles. The van der Waals surface area contributed by atoms with Gasteiger partial charge in [0, 0.05) is 23.9 Å². The number of benzene rings is 2. The van der Waals surface area contributed by atoms with E-state index in [1.807, 2.05) is 18.2 Å². The Balaban J connectivity index is 1.85. The Kier molecular flexibility index (Phi) is 8.13. The van der Waals surface area contributed by atoms with Crippen molar-refractivity contribution in [1.29, 1.82) is 0 Å². The average Bonchev–Trinajstić information content (AvgIpc) is 2.71. The fourth-order valence-electron chi connectivity index (χ4n) is 3.49. The summed E-state index contributed by atoms with van der Waals surface area (Å²) in [6, 6.07) is 10.5. The molecule has 0 fully saturated rings. The highest BCUT2D eigenvalue weighted by molar-refractivity contribution is 6.30. The van der Waals surface area contributed by atoms with Crippen molar-refractivity contribution in [3.8, 4) is 11.5 Å². The molecule has 1 N–H and O–H groups in total. The topological polar surface area (TPSA) is 72.8 Å². The molecule has 0 unspecified atom stereocenters. The Hall–Kier alpha value is -2.79. The van der Waals surface area contributed by atoms with Gasteiger partial charge in [0.2, 0.25) is 0 Å². The Morgan fingerprint density at radius 2 is 1.97 bits per heavy atom. The van der Waals surface area contributed by atoms with Crippen LogP contribution >= 0.6 is 11.6 Å². The molecule has 2 aromatic rings. The number of phenols is 1. The molecule has 5 nitrogen and oxygen atoms in total. The van der Waals surface area contributed by atoms with Crippen LogP contribution in [0.3, 0.4) is 0 Å². The first-order valence-electron chi connectivity index (χ1n) is 10.6. The zero-order chi connectivity index (χ0) is 22.2. The summed E-state index contributed by atoms with van der Waals surface area (Å²) in [6.45, 7) is 2.06. The molecule has 0 radical (unpaired) electrons. The van der Waals surface area contributed by atoms with Gasteiger partial charge in [0.15, 0.2) is 0 Å². The molecule has 6 heteroatoms. The van der Waals surface area contributed by atoms with E-state index in [0.717, 1.165) is 12.0 Å². The second-order valence-corrected chi connectivity index (χ2v) is 8.20. The third kappa shape index (κ3) is 6.86. The van der Waals surface area contributed by atoms with Crippen LogP contribution in [0.25, 0.3) is 6.08 Å². The quantitative estimate of drug-likeness (QED) is 0.581. The molecule has 164 valence electrons. The van der Waals surface area contributed by atoms with Crippen molar-refractivity contribution >= 4 is 29.4 Å². The molecule has 0 amide bonds. The van der Waals surface area contributed by atoms with E-state index in [1.54, 1.807) is 31.2 Å². The van der Waals surface area contributed by atoms with Gasteiger partial charge in [0.1, 0.15) is 29.5 Å². The summed E-state index contributed by atoms with van der Waals surface area (Å²) in [5, 5.41) is 11.2. The lowest BCUT2D eigenvalue weighted by Gasteiger charge is -2.16. The van der Waals surface area contributed by atoms with E-state index in [1.165, 1.54) is 6.07 Å². The Bertz CT molecular complexity index is 966. The summed E-state index contributed by atoms with van der Waals surface area (Å²) in [4.78, 5) is 24.7. The van der Waals surface area contributed by atoms with Crippen LogP contribution in [0, 0.1) is 0 Å². The van der Waals surface area contributed by atoms with Crippen LogP contribution in [0.5, 0.6) is 11.5 Å². The summed E-state index contributed by atoms with van der Waals surface area (Å²) < 4.78 is 11.3. The maximum atomic E-state index is 12.8. The van der Waals surface area contributed by atoms with Crippen molar-refractivity contribution in [3.63, 3.8) is 0 Å². The van der Waals surface area contributed by atoms with Gasteiger partial charge in [0.05, 0.1) is 6.10 Å². The van der Waals surface area contributed by atoms with Crippen LogP contribution in [0.4, 0.5) is 0 Å². The number of halogens is 1. The highest BCUT2D eigenvalue weighted by atomic mass is 35.5. The zero-order valence-electron chi connectivity index (χ0n) is 17.6. The minimum absolute atomic E-state index is 0.117. The van der Waals surface area contributed by atoms with Gasteiger partial charge >= 0.3 is 5.97 Å². The summed E-state index contributed by atoms with van der Waals surface area (Å²) in [5.41, 5.74) is 1.52. The first-order chi connectivity index (χ1) is 14.9. The second-order valence-electron chi connectivity index (χ2n) is 7.77. The van der Waals surface area contributed by atoms with Crippen LogP contribution in [0.15, 0.2) is 42.5 Å². The highest BCUT2D eigenvalue weighted by Gasteiger charge is 2.21. The van der Waals surface area contributed by atoms with E-state index in [-0.39, 0.29) is 29.8 Å². The van der Waals surface area contributed by atoms with Crippen LogP contribution in [-0.4, -0.2) is 23.0 Å². The van der Waals surface area contributed by atoms with Crippen molar-refractivity contribution in [2.75, 3.05) is 0 Å². The molecule has 2 aromatic carbocycles. The Morgan fingerprint density at radius 3 is 2.77 bits per heavy atom. The summed E-state index contributed by atoms with van der Waals surface area (Å²) in [5.74, 6) is -0.117. The van der Waals surface area contributed by atoms with Crippen molar-refractivity contribution < 1.29 is 24.2 Å².